The Morgan fingerprint density at radius 3 is 2.68 bits per heavy atom. The number of carbonyl (C=O) groups is 1. The lowest BCUT2D eigenvalue weighted by Crippen LogP contribution is -2.27. The Labute approximate surface area is 202 Å². The van der Waals surface area contributed by atoms with Crippen molar-refractivity contribution in [1.82, 2.24) is 15.2 Å². The number of benzene rings is 2. The first-order chi connectivity index (χ1) is 16.6. The molecule has 0 unspecified atom stereocenters. The maximum Gasteiger partial charge on any atom is 0.222 e. The fraction of sp³-hybridized carbons (Fsp3) is 0.357. The largest absolute Gasteiger partial charge is 0.496 e. The molecule has 1 aliphatic heterocycles. The lowest BCUT2D eigenvalue weighted by molar-refractivity contribution is -0.127. The maximum absolute atomic E-state index is 11.7. The monoisotopic (exact) mass is 458 g/mol. The van der Waals surface area contributed by atoms with Gasteiger partial charge in [0, 0.05) is 56.0 Å². The molecule has 6 nitrogen and oxygen atoms in total. The van der Waals surface area contributed by atoms with Crippen LogP contribution in [0.1, 0.15) is 43.4 Å². The van der Waals surface area contributed by atoms with E-state index >= 15 is 0 Å². The molecule has 4 rings (SSSR count). The topological polar surface area (TPSA) is 66.5 Å². The predicted octanol–water partition coefficient (Wildman–Crippen LogP) is 5.03. The molecule has 178 valence electrons. The summed E-state index contributed by atoms with van der Waals surface area (Å²) >= 11 is 0. The second-order valence-electron chi connectivity index (χ2n) is 8.74. The Kier molecular flexibility index (Phi) is 8.15. The lowest BCUT2D eigenvalue weighted by atomic mass is 10.0. The van der Waals surface area contributed by atoms with Gasteiger partial charge in [0.15, 0.2) is 0 Å². The Morgan fingerprint density at radius 2 is 1.97 bits per heavy atom. The molecule has 6 heteroatoms. The molecule has 3 aromatic rings. The van der Waals surface area contributed by atoms with Gasteiger partial charge in [-0.25, -0.2) is 4.98 Å². The summed E-state index contributed by atoms with van der Waals surface area (Å²) in [5.41, 5.74) is 4.51. The average molecular weight is 459 g/mol. The Bertz CT molecular complexity index is 1070. The van der Waals surface area contributed by atoms with E-state index in [4.69, 9.17) is 4.74 Å². The van der Waals surface area contributed by atoms with Crippen molar-refractivity contribution in [3.63, 3.8) is 0 Å². The molecule has 1 atom stereocenters. The SMILES string of the molecule is COc1ccc(CN[C@H](C)c2ccccc2)cc1-c1ccc(NCCCN2CCCC2=O)nc1. The van der Waals surface area contributed by atoms with Crippen molar-refractivity contribution in [2.45, 2.75) is 38.8 Å². The smallest absolute Gasteiger partial charge is 0.222 e. The second-order valence-corrected chi connectivity index (χ2v) is 8.74. The molecule has 1 aromatic heterocycles. The zero-order valence-corrected chi connectivity index (χ0v) is 20.1. The van der Waals surface area contributed by atoms with Crippen molar-refractivity contribution >= 4 is 11.7 Å². The van der Waals surface area contributed by atoms with Crippen LogP contribution in [-0.2, 0) is 11.3 Å². The number of ether oxygens (including phenoxy) is 1. The number of nitrogens with one attached hydrogen (secondary N) is 2. The van der Waals surface area contributed by atoms with E-state index in [1.807, 2.05) is 29.3 Å². The minimum Gasteiger partial charge on any atom is -0.496 e. The molecular weight excluding hydrogens is 424 g/mol. The van der Waals surface area contributed by atoms with Gasteiger partial charge in [-0.2, -0.15) is 0 Å². The molecule has 1 saturated heterocycles. The van der Waals surface area contributed by atoms with Crippen LogP contribution in [0.15, 0.2) is 66.9 Å². The molecule has 2 heterocycles. The molecule has 2 N–H and O–H groups in total. The number of nitrogens with zero attached hydrogens (tertiary/aromatic N) is 2. The summed E-state index contributed by atoms with van der Waals surface area (Å²) in [6.45, 7) is 5.44. The molecule has 0 radical (unpaired) electrons. The van der Waals surface area contributed by atoms with Gasteiger partial charge in [-0.1, -0.05) is 36.4 Å². The van der Waals surface area contributed by atoms with Crippen molar-refractivity contribution < 1.29 is 9.53 Å². The first-order valence-electron chi connectivity index (χ1n) is 12.1. The fourth-order valence-corrected chi connectivity index (χ4v) is 4.31. The van der Waals surface area contributed by atoms with E-state index in [1.54, 1.807) is 7.11 Å². The number of methoxy groups -OCH3 is 1. The van der Waals surface area contributed by atoms with Crippen LogP contribution in [0.2, 0.25) is 0 Å². The molecule has 34 heavy (non-hydrogen) atoms. The fourth-order valence-electron chi connectivity index (χ4n) is 4.31. The van der Waals surface area contributed by atoms with Gasteiger partial charge in [-0.15, -0.1) is 0 Å². The lowest BCUT2D eigenvalue weighted by Gasteiger charge is -2.16. The van der Waals surface area contributed by atoms with Crippen molar-refractivity contribution in [1.29, 1.82) is 0 Å². The van der Waals surface area contributed by atoms with Crippen LogP contribution >= 0.6 is 0 Å². The maximum atomic E-state index is 11.7. The van der Waals surface area contributed by atoms with E-state index in [-0.39, 0.29) is 11.9 Å². The highest BCUT2D eigenvalue weighted by Gasteiger charge is 2.18. The zero-order chi connectivity index (χ0) is 23.8. The summed E-state index contributed by atoms with van der Waals surface area (Å²) in [5.74, 6) is 1.95. The highest BCUT2D eigenvalue weighted by atomic mass is 16.5. The molecule has 1 amide bonds. The van der Waals surface area contributed by atoms with Crippen molar-refractivity contribution in [2.75, 3.05) is 32.1 Å². The van der Waals surface area contributed by atoms with E-state index in [9.17, 15) is 4.79 Å². The molecule has 2 aromatic carbocycles. The van der Waals surface area contributed by atoms with E-state index in [0.717, 1.165) is 61.7 Å². The number of anilines is 1. The van der Waals surface area contributed by atoms with E-state index < -0.39 is 0 Å². The second kappa shape index (κ2) is 11.7. The number of hydrogen-bond acceptors (Lipinski definition) is 5. The van der Waals surface area contributed by atoms with Crippen LogP contribution in [0, 0.1) is 0 Å². The molecule has 0 spiro atoms. The summed E-state index contributed by atoms with van der Waals surface area (Å²) in [7, 11) is 1.70. The van der Waals surface area contributed by atoms with Crippen LogP contribution in [0.25, 0.3) is 11.1 Å². The van der Waals surface area contributed by atoms with Crippen LogP contribution < -0.4 is 15.4 Å². The van der Waals surface area contributed by atoms with Crippen LogP contribution in [-0.4, -0.2) is 42.5 Å². The van der Waals surface area contributed by atoms with Gasteiger partial charge >= 0.3 is 0 Å². The van der Waals surface area contributed by atoms with E-state index in [1.165, 1.54) is 11.1 Å². The van der Waals surface area contributed by atoms with E-state index in [0.29, 0.717) is 6.42 Å². The highest BCUT2D eigenvalue weighted by Crippen LogP contribution is 2.31. The molecule has 0 aliphatic carbocycles. The van der Waals surface area contributed by atoms with Crippen LogP contribution in [0.3, 0.4) is 0 Å². The van der Waals surface area contributed by atoms with Gasteiger partial charge < -0.3 is 20.3 Å². The van der Waals surface area contributed by atoms with Crippen LogP contribution in [0.4, 0.5) is 5.82 Å². The normalized spacial score (nSPS) is 14.3. The Morgan fingerprint density at radius 1 is 1.12 bits per heavy atom. The summed E-state index contributed by atoms with van der Waals surface area (Å²) in [6, 6.07) is 21.1. The molecule has 1 fully saturated rings. The van der Waals surface area contributed by atoms with Crippen molar-refractivity contribution in [3.05, 3.63) is 78.0 Å². The highest BCUT2D eigenvalue weighted by molar-refractivity contribution is 5.78. The van der Waals surface area contributed by atoms with Crippen LogP contribution in [0.5, 0.6) is 5.75 Å². The standard InChI is InChI=1S/C28H34N4O2/c1-21(23-8-4-3-5-9-23)30-19-22-11-13-26(34-2)25(18-22)24-12-14-27(31-20-24)29-15-7-17-32-16-6-10-28(32)33/h3-5,8-9,11-14,18,20-21,30H,6-7,10,15-17,19H2,1-2H3,(H,29,31)/t21-/m1/s1. The third-order valence-corrected chi connectivity index (χ3v) is 6.33. The Hall–Kier alpha value is -3.38. The summed E-state index contributed by atoms with van der Waals surface area (Å²) in [5, 5.41) is 6.96. The number of hydrogen-bond donors (Lipinski definition) is 2. The van der Waals surface area contributed by atoms with Gasteiger partial charge in [0.1, 0.15) is 11.6 Å². The summed E-state index contributed by atoms with van der Waals surface area (Å²) in [4.78, 5) is 18.3. The third-order valence-electron chi connectivity index (χ3n) is 6.33. The summed E-state index contributed by atoms with van der Waals surface area (Å²) in [6.07, 6.45) is 4.48. The number of amides is 1. The number of pyridine rings is 1. The number of carbonyl (C=O) groups excluding carboxylic acids is 1. The first kappa shape index (κ1) is 23.8. The van der Waals surface area contributed by atoms with Gasteiger partial charge in [0.2, 0.25) is 5.91 Å². The quantitative estimate of drug-likeness (QED) is 0.395. The minimum atomic E-state index is 0.266. The number of rotatable bonds is 11. The van der Waals surface area contributed by atoms with Gasteiger partial charge in [-0.3, -0.25) is 4.79 Å². The van der Waals surface area contributed by atoms with Gasteiger partial charge in [0.25, 0.3) is 0 Å². The van der Waals surface area contributed by atoms with Gasteiger partial charge in [0.05, 0.1) is 7.11 Å². The minimum absolute atomic E-state index is 0.266. The van der Waals surface area contributed by atoms with Gasteiger partial charge in [-0.05, 0) is 55.2 Å². The van der Waals surface area contributed by atoms with Crippen molar-refractivity contribution in [2.24, 2.45) is 0 Å². The molecule has 0 saturated carbocycles. The molecule has 1 aliphatic rings. The number of likely N-dealkylation sites (tertiary alicyclic amines) is 1. The molecular formula is C28H34N4O2. The average Bonchev–Trinajstić information content (AvgIpc) is 3.30. The number of aromatic nitrogens is 1. The van der Waals surface area contributed by atoms with E-state index in [2.05, 4.69) is 65.0 Å². The predicted molar refractivity (Wildman–Crippen MR) is 137 cm³/mol. The third kappa shape index (κ3) is 6.14. The Balaban J connectivity index is 1.35. The first-order valence-corrected chi connectivity index (χ1v) is 12.1. The summed E-state index contributed by atoms with van der Waals surface area (Å²) < 4.78 is 5.62. The molecule has 0 bridgehead atoms. The zero-order valence-electron chi connectivity index (χ0n) is 20.1. The van der Waals surface area contributed by atoms with Crippen molar-refractivity contribution in [3.8, 4) is 16.9 Å².